The van der Waals surface area contributed by atoms with Gasteiger partial charge in [-0.15, -0.1) is 0 Å². The normalized spacial score (nSPS) is 18.5. The first-order chi connectivity index (χ1) is 20.6. The van der Waals surface area contributed by atoms with Crippen molar-refractivity contribution in [1.82, 2.24) is 9.80 Å². The standard InChI is InChI=1S/C30H34N4O8S/c1-19-15-34(20(2)17-35)29(36)24-13-22(32-43(38,39)23-7-5-4-6-8-23)10-11-25(24)42-28(19)16-33(3)30(37)31-21-9-12-26-27(14-21)41-18-40-26/h4-14,19-20,28,32,35H,15-18H2,1-3H3,(H,31,37)/t19-,20-,28+/m0/s1. The molecular weight excluding hydrogens is 576 g/mol. The first-order valence-electron chi connectivity index (χ1n) is 13.8. The molecule has 43 heavy (non-hydrogen) atoms. The third kappa shape index (κ3) is 6.62. The molecule has 0 saturated carbocycles. The van der Waals surface area contributed by atoms with Gasteiger partial charge in [0.1, 0.15) is 11.9 Å². The number of sulfonamides is 1. The summed E-state index contributed by atoms with van der Waals surface area (Å²) in [5.41, 5.74) is 0.858. The maximum atomic E-state index is 13.7. The van der Waals surface area contributed by atoms with Crippen molar-refractivity contribution in [1.29, 1.82) is 0 Å². The lowest BCUT2D eigenvalue weighted by molar-refractivity contribution is 0.0371. The van der Waals surface area contributed by atoms with E-state index < -0.39 is 28.1 Å². The Balaban J connectivity index is 1.38. The smallest absolute Gasteiger partial charge is 0.321 e. The maximum Gasteiger partial charge on any atom is 0.321 e. The number of anilines is 2. The van der Waals surface area contributed by atoms with Crippen LogP contribution < -0.4 is 24.2 Å². The van der Waals surface area contributed by atoms with E-state index in [-0.39, 0.29) is 60.3 Å². The molecule has 0 unspecified atom stereocenters. The van der Waals surface area contributed by atoms with E-state index in [0.717, 1.165) is 0 Å². The minimum absolute atomic E-state index is 0.0794. The van der Waals surface area contributed by atoms with E-state index in [9.17, 15) is 23.1 Å². The topological polar surface area (TPSA) is 147 Å². The largest absolute Gasteiger partial charge is 0.487 e. The third-order valence-corrected chi connectivity index (χ3v) is 8.79. The minimum Gasteiger partial charge on any atom is -0.487 e. The number of aliphatic hydroxyl groups excluding tert-OH is 1. The second-order valence-electron chi connectivity index (χ2n) is 10.6. The molecule has 0 radical (unpaired) electrons. The van der Waals surface area contributed by atoms with Gasteiger partial charge in [0.2, 0.25) is 6.79 Å². The number of benzene rings is 3. The molecule has 0 fully saturated rings. The first-order valence-corrected chi connectivity index (χ1v) is 15.3. The van der Waals surface area contributed by atoms with Crippen LogP contribution in [0.25, 0.3) is 0 Å². The van der Waals surface area contributed by atoms with Gasteiger partial charge in [0, 0.05) is 37.0 Å². The first kappa shape index (κ1) is 30.0. The number of carbonyl (C=O) groups is 2. The molecule has 12 nitrogen and oxygen atoms in total. The average Bonchev–Trinajstić information content (AvgIpc) is 3.47. The zero-order valence-corrected chi connectivity index (χ0v) is 24.8. The lowest BCUT2D eigenvalue weighted by Crippen LogP contribution is -2.50. The molecule has 0 bridgehead atoms. The van der Waals surface area contributed by atoms with Crippen molar-refractivity contribution >= 4 is 33.3 Å². The second-order valence-corrected chi connectivity index (χ2v) is 12.3. The van der Waals surface area contributed by atoms with Crippen molar-refractivity contribution in [3.63, 3.8) is 0 Å². The average molecular weight is 611 g/mol. The van der Waals surface area contributed by atoms with Crippen molar-refractivity contribution in [3.8, 4) is 17.2 Å². The quantitative estimate of drug-likeness (QED) is 0.351. The number of likely N-dealkylation sites (N-methyl/N-ethyl adjacent to an activating group) is 1. The number of carbonyl (C=O) groups excluding carboxylic acids is 2. The molecule has 13 heteroatoms. The van der Waals surface area contributed by atoms with Gasteiger partial charge in [-0.2, -0.15) is 0 Å². The number of urea groups is 1. The summed E-state index contributed by atoms with van der Waals surface area (Å²) >= 11 is 0. The Labute approximate surface area is 250 Å². The van der Waals surface area contributed by atoms with E-state index in [2.05, 4.69) is 10.0 Å². The molecule has 2 heterocycles. The molecular formula is C30H34N4O8S. The van der Waals surface area contributed by atoms with Crippen molar-refractivity contribution in [2.24, 2.45) is 5.92 Å². The number of fused-ring (bicyclic) bond motifs is 2. The zero-order valence-electron chi connectivity index (χ0n) is 24.0. The van der Waals surface area contributed by atoms with E-state index in [1.165, 1.54) is 35.2 Å². The number of hydrogen-bond acceptors (Lipinski definition) is 8. The molecule has 2 aliphatic rings. The van der Waals surface area contributed by atoms with Gasteiger partial charge in [-0.3, -0.25) is 9.52 Å². The van der Waals surface area contributed by atoms with Crippen LogP contribution in [-0.2, 0) is 10.0 Å². The fraction of sp³-hybridized carbons (Fsp3) is 0.333. The van der Waals surface area contributed by atoms with Gasteiger partial charge in [0.05, 0.1) is 29.7 Å². The van der Waals surface area contributed by atoms with Gasteiger partial charge in [0.25, 0.3) is 15.9 Å². The number of amides is 3. The van der Waals surface area contributed by atoms with E-state index in [4.69, 9.17) is 14.2 Å². The van der Waals surface area contributed by atoms with Crippen LogP contribution in [0.1, 0.15) is 24.2 Å². The van der Waals surface area contributed by atoms with E-state index in [1.54, 1.807) is 55.3 Å². The van der Waals surface area contributed by atoms with Crippen LogP contribution in [0.15, 0.2) is 71.6 Å². The van der Waals surface area contributed by atoms with Crippen molar-refractivity contribution in [3.05, 3.63) is 72.3 Å². The monoisotopic (exact) mass is 610 g/mol. The molecule has 3 atom stereocenters. The van der Waals surface area contributed by atoms with Crippen LogP contribution in [0.2, 0.25) is 0 Å². The fourth-order valence-electron chi connectivity index (χ4n) is 4.86. The summed E-state index contributed by atoms with van der Waals surface area (Å²) in [5, 5.41) is 12.8. The highest BCUT2D eigenvalue weighted by molar-refractivity contribution is 7.92. The van der Waals surface area contributed by atoms with Crippen molar-refractivity contribution in [2.75, 3.05) is 43.6 Å². The Morgan fingerprint density at radius 3 is 2.49 bits per heavy atom. The molecule has 5 rings (SSSR count). The number of nitrogens with one attached hydrogen (secondary N) is 2. The molecule has 228 valence electrons. The predicted octanol–water partition coefficient (Wildman–Crippen LogP) is 3.60. The number of aliphatic hydroxyl groups is 1. The summed E-state index contributed by atoms with van der Waals surface area (Å²) in [7, 11) is -2.27. The molecule has 3 aromatic carbocycles. The summed E-state index contributed by atoms with van der Waals surface area (Å²) in [6.45, 7) is 3.91. The second kappa shape index (κ2) is 12.4. The highest BCUT2D eigenvalue weighted by atomic mass is 32.2. The molecule has 3 N–H and O–H groups in total. The number of hydrogen-bond donors (Lipinski definition) is 3. The van der Waals surface area contributed by atoms with Gasteiger partial charge < -0.3 is 34.4 Å². The predicted molar refractivity (Wildman–Crippen MR) is 159 cm³/mol. The van der Waals surface area contributed by atoms with Crippen molar-refractivity contribution < 1.29 is 37.3 Å². The maximum absolute atomic E-state index is 13.7. The number of rotatable bonds is 8. The van der Waals surface area contributed by atoms with E-state index >= 15 is 0 Å². The Morgan fingerprint density at radius 1 is 1.05 bits per heavy atom. The molecule has 3 aromatic rings. The summed E-state index contributed by atoms with van der Waals surface area (Å²) in [6.07, 6.45) is -0.542. The van der Waals surface area contributed by atoms with Gasteiger partial charge in [-0.05, 0) is 49.4 Å². The van der Waals surface area contributed by atoms with Crippen LogP contribution in [0.4, 0.5) is 16.2 Å². The summed E-state index contributed by atoms with van der Waals surface area (Å²) < 4.78 is 45.4. The highest BCUT2D eigenvalue weighted by Gasteiger charge is 2.34. The Kier molecular flexibility index (Phi) is 8.64. The van der Waals surface area contributed by atoms with Gasteiger partial charge in [-0.25, -0.2) is 13.2 Å². The molecule has 3 amide bonds. The van der Waals surface area contributed by atoms with Gasteiger partial charge in [0.15, 0.2) is 11.5 Å². The molecule has 0 spiro atoms. The Bertz CT molecular complexity index is 1600. The van der Waals surface area contributed by atoms with Crippen LogP contribution in [0.3, 0.4) is 0 Å². The number of ether oxygens (including phenoxy) is 3. The van der Waals surface area contributed by atoms with Gasteiger partial charge in [-0.1, -0.05) is 25.1 Å². The minimum atomic E-state index is -3.90. The van der Waals surface area contributed by atoms with Crippen LogP contribution in [0, 0.1) is 5.92 Å². The summed E-state index contributed by atoms with van der Waals surface area (Å²) in [6, 6.07) is 16.6. The number of nitrogens with zero attached hydrogens (tertiary/aromatic N) is 2. The van der Waals surface area contributed by atoms with Crippen LogP contribution in [-0.4, -0.2) is 80.9 Å². The molecule has 0 saturated heterocycles. The lowest BCUT2D eigenvalue weighted by atomic mass is 9.99. The van der Waals surface area contributed by atoms with Crippen LogP contribution >= 0.6 is 0 Å². The lowest BCUT2D eigenvalue weighted by Gasteiger charge is -2.38. The summed E-state index contributed by atoms with van der Waals surface area (Å²) in [4.78, 5) is 29.9. The molecule has 2 aliphatic heterocycles. The molecule has 0 aromatic heterocycles. The Morgan fingerprint density at radius 2 is 1.74 bits per heavy atom. The fourth-order valence-corrected chi connectivity index (χ4v) is 5.93. The van der Waals surface area contributed by atoms with E-state index in [1.807, 2.05) is 6.92 Å². The van der Waals surface area contributed by atoms with E-state index in [0.29, 0.717) is 17.2 Å². The molecule has 0 aliphatic carbocycles. The third-order valence-electron chi connectivity index (χ3n) is 7.39. The SMILES string of the molecule is C[C@H]1CN([C@@H](C)CO)C(=O)c2cc(NS(=O)(=O)c3ccccc3)ccc2O[C@@H]1CN(C)C(=O)Nc1ccc2c(c1)OCO2. The zero-order chi connectivity index (χ0) is 30.7. The van der Waals surface area contributed by atoms with Crippen LogP contribution in [0.5, 0.6) is 17.2 Å². The van der Waals surface area contributed by atoms with Gasteiger partial charge >= 0.3 is 6.03 Å². The Hall–Kier alpha value is -4.49. The highest BCUT2D eigenvalue weighted by Crippen LogP contribution is 2.35. The van der Waals surface area contributed by atoms with Crippen molar-refractivity contribution in [2.45, 2.75) is 30.9 Å². The summed E-state index contributed by atoms with van der Waals surface area (Å²) in [5.74, 6) is 0.750.